The first-order chi connectivity index (χ1) is 8.29. The monoisotopic (exact) mass is 252 g/mol. The maximum atomic E-state index is 12.4. The molecule has 0 aliphatic heterocycles. The van der Waals surface area contributed by atoms with E-state index in [-0.39, 0.29) is 5.25 Å². The molecule has 3 atom stereocenters. The predicted octanol–water partition coefficient (Wildman–Crippen LogP) is 2.88. The molecule has 0 amide bonds. The fourth-order valence-electron chi connectivity index (χ4n) is 2.41. The van der Waals surface area contributed by atoms with Gasteiger partial charge < -0.3 is 5.11 Å². The summed E-state index contributed by atoms with van der Waals surface area (Å²) in [5.41, 5.74) is 0. The third-order valence-corrected chi connectivity index (χ3v) is 5.25. The van der Waals surface area contributed by atoms with Crippen molar-refractivity contribution in [2.45, 2.75) is 54.8 Å². The third-order valence-electron chi connectivity index (χ3n) is 3.42. The molecule has 1 fully saturated rings. The van der Waals surface area contributed by atoms with Crippen LogP contribution in [-0.4, -0.2) is 20.7 Å². The van der Waals surface area contributed by atoms with Gasteiger partial charge in [0, 0.05) is 4.90 Å². The second-order valence-electron chi connectivity index (χ2n) is 4.71. The lowest BCUT2D eigenvalue weighted by atomic mass is 9.98. The highest BCUT2D eigenvalue weighted by Gasteiger charge is 2.26. The summed E-state index contributed by atoms with van der Waals surface area (Å²) < 4.78 is 12.4. The molecule has 1 unspecified atom stereocenters. The molecule has 17 heavy (non-hydrogen) atoms. The van der Waals surface area contributed by atoms with Crippen molar-refractivity contribution in [1.29, 1.82) is 0 Å². The Hall–Kier alpha value is -0.670. The molecule has 1 aliphatic rings. The Labute approximate surface area is 106 Å². The number of benzene rings is 1. The molecule has 3 heteroatoms. The highest BCUT2D eigenvalue weighted by Crippen LogP contribution is 2.24. The van der Waals surface area contributed by atoms with Gasteiger partial charge in [0.05, 0.1) is 22.2 Å². The minimum absolute atomic E-state index is 0.0855. The minimum atomic E-state index is -1.07. The van der Waals surface area contributed by atoms with E-state index < -0.39 is 16.9 Å². The lowest BCUT2D eigenvalue weighted by molar-refractivity contribution is 0.146. The molecule has 1 aromatic rings. The molecule has 1 N–H and O–H groups in total. The van der Waals surface area contributed by atoms with Gasteiger partial charge in [-0.15, -0.1) is 0 Å². The summed E-state index contributed by atoms with van der Waals surface area (Å²) in [7, 11) is -1.07. The van der Waals surface area contributed by atoms with Crippen LogP contribution >= 0.6 is 0 Å². The van der Waals surface area contributed by atoms with Crippen LogP contribution in [-0.2, 0) is 10.8 Å². The second kappa shape index (κ2) is 6.31. The van der Waals surface area contributed by atoms with E-state index in [1.807, 2.05) is 30.3 Å². The average Bonchev–Trinajstić information content (AvgIpc) is 2.35. The van der Waals surface area contributed by atoms with E-state index in [1.165, 1.54) is 12.8 Å². The highest BCUT2D eigenvalue weighted by atomic mass is 32.2. The Morgan fingerprint density at radius 3 is 2.35 bits per heavy atom. The summed E-state index contributed by atoms with van der Waals surface area (Å²) in [4.78, 5) is 0.845. The maximum Gasteiger partial charge on any atom is 0.0687 e. The van der Waals surface area contributed by atoms with Crippen molar-refractivity contribution in [2.75, 3.05) is 0 Å². The predicted molar refractivity (Wildman–Crippen MR) is 70.3 cm³/mol. The Morgan fingerprint density at radius 2 is 1.65 bits per heavy atom. The Bertz CT molecular complexity index is 364. The first-order valence-corrected chi connectivity index (χ1v) is 7.64. The molecule has 1 aliphatic carbocycles. The molecule has 0 heterocycles. The quantitative estimate of drug-likeness (QED) is 0.878. The maximum absolute atomic E-state index is 12.4. The smallest absolute Gasteiger partial charge is 0.0687 e. The molecule has 0 radical (unpaired) electrons. The molecule has 2 rings (SSSR count). The molecule has 0 saturated heterocycles. The Morgan fingerprint density at radius 1 is 1.00 bits per heavy atom. The van der Waals surface area contributed by atoms with E-state index in [1.54, 1.807) is 0 Å². The van der Waals surface area contributed by atoms with E-state index >= 15 is 0 Å². The molecule has 94 valence electrons. The second-order valence-corrected chi connectivity index (χ2v) is 6.38. The largest absolute Gasteiger partial charge is 0.392 e. The molecule has 2 nitrogen and oxygen atoms in total. The van der Waals surface area contributed by atoms with Crippen LogP contribution in [0.25, 0.3) is 0 Å². The molecule has 1 aromatic carbocycles. The zero-order valence-corrected chi connectivity index (χ0v) is 10.9. The van der Waals surface area contributed by atoms with Crippen LogP contribution in [0.15, 0.2) is 35.2 Å². The van der Waals surface area contributed by atoms with Crippen LogP contribution in [0.4, 0.5) is 0 Å². The van der Waals surface area contributed by atoms with Gasteiger partial charge in [-0.2, -0.15) is 0 Å². The highest BCUT2D eigenvalue weighted by molar-refractivity contribution is 7.85. The zero-order valence-electron chi connectivity index (χ0n) is 10.0. The average molecular weight is 252 g/mol. The summed E-state index contributed by atoms with van der Waals surface area (Å²) in [6.45, 7) is 0. The van der Waals surface area contributed by atoms with Crippen LogP contribution in [0, 0.1) is 0 Å². The molecule has 0 bridgehead atoms. The van der Waals surface area contributed by atoms with Crippen molar-refractivity contribution >= 4 is 10.8 Å². The van der Waals surface area contributed by atoms with E-state index in [0.29, 0.717) is 0 Å². The minimum Gasteiger partial charge on any atom is -0.392 e. The molecule has 0 spiro atoms. The number of rotatable bonds is 2. The van der Waals surface area contributed by atoms with E-state index in [9.17, 15) is 9.32 Å². The van der Waals surface area contributed by atoms with Crippen LogP contribution in [0.3, 0.4) is 0 Å². The summed E-state index contributed by atoms with van der Waals surface area (Å²) in [5.74, 6) is 0. The van der Waals surface area contributed by atoms with Crippen molar-refractivity contribution in [3.8, 4) is 0 Å². The van der Waals surface area contributed by atoms with Gasteiger partial charge in [-0.1, -0.05) is 43.9 Å². The van der Waals surface area contributed by atoms with E-state index in [2.05, 4.69) is 0 Å². The first kappa shape index (κ1) is 12.8. The summed E-state index contributed by atoms with van der Waals surface area (Å²) in [6.07, 6.45) is 5.81. The van der Waals surface area contributed by atoms with Gasteiger partial charge >= 0.3 is 0 Å². The number of aliphatic hydroxyl groups is 1. The van der Waals surface area contributed by atoms with Crippen molar-refractivity contribution in [2.24, 2.45) is 0 Å². The topological polar surface area (TPSA) is 37.3 Å². The Kier molecular flexibility index (Phi) is 4.75. The van der Waals surface area contributed by atoms with Gasteiger partial charge in [-0.3, -0.25) is 4.21 Å². The van der Waals surface area contributed by atoms with Crippen LogP contribution in [0.1, 0.15) is 38.5 Å². The molecular weight excluding hydrogens is 232 g/mol. The van der Waals surface area contributed by atoms with Gasteiger partial charge in [0.1, 0.15) is 0 Å². The van der Waals surface area contributed by atoms with Gasteiger partial charge in [-0.25, -0.2) is 0 Å². The van der Waals surface area contributed by atoms with Crippen molar-refractivity contribution in [3.63, 3.8) is 0 Å². The fourth-order valence-corrected chi connectivity index (χ4v) is 3.99. The molecule has 0 aromatic heterocycles. The number of hydrogen-bond donors (Lipinski definition) is 1. The van der Waals surface area contributed by atoms with E-state index in [4.69, 9.17) is 0 Å². The SMILES string of the molecule is O=S(c1ccccc1)[C@@H]1CCCCCC[C@H]1O. The number of hydrogen-bond acceptors (Lipinski definition) is 2. The lowest BCUT2D eigenvalue weighted by Gasteiger charge is -2.24. The first-order valence-electron chi connectivity index (χ1n) is 6.43. The van der Waals surface area contributed by atoms with Gasteiger partial charge in [0.25, 0.3) is 0 Å². The van der Waals surface area contributed by atoms with Crippen molar-refractivity contribution < 1.29 is 9.32 Å². The standard InChI is InChI=1S/C14H20O2S/c15-13-10-6-1-2-7-11-14(13)17(16)12-8-4-3-5-9-12/h3-5,8-9,13-15H,1-2,6-7,10-11H2/t13-,14-,17?/m1/s1. The third kappa shape index (κ3) is 3.39. The van der Waals surface area contributed by atoms with E-state index in [0.717, 1.165) is 30.6 Å². The fraction of sp³-hybridized carbons (Fsp3) is 0.571. The van der Waals surface area contributed by atoms with Crippen LogP contribution in [0.5, 0.6) is 0 Å². The summed E-state index contributed by atoms with van der Waals surface area (Å²) >= 11 is 0. The van der Waals surface area contributed by atoms with Gasteiger partial charge in [-0.05, 0) is 25.0 Å². The zero-order chi connectivity index (χ0) is 12.1. The number of aliphatic hydroxyl groups excluding tert-OH is 1. The van der Waals surface area contributed by atoms with Gasteiger partial charge in [0.15, 0.2) is 0 Å². The molecule has 1 saturated carbocycles. The van der Waals surface area contributed by atoms with Crippen molar-refractivity contribution in [3.05, 3.63) is 30.3 Å². The van der Waals surface area contributed by atoms with Crippen molar-refractivity contribution in [1.82, 2.24) is 0 Å². The summed E-state index contributed by atoms with van der Waals surface area (Å²) in [6, 6.07) is 9.52. The molecular formula is C14H20O2S. The lowest BCUT2D eigenvalue weighted by Crippen LogP contribution is -2.31. The van der Waals surface area contributed by atoms with Crippen LogP contribution in [0.2, 0.25) is 0 Å². The summed E-state index contributed by atoms with van der Waals surface area (Å²) in [5, 5.41) is 10.0. The van der Waals surface area contributed by atoms with Gasteiger partial charge in [0.2, 0.25) is 0 Å². The Balaban J connectivity index is 2.10. The van der Waals surface area contributed by atoms with Crippen LogP contribution < -0.4 is 0 Å². The normalized spacial score (nSPS) is 28.1.